The molecule has 0 bridgehead atoms. The Morgan fingerprint density at radius 2 is 1.72 bits per heavy atom. The zero-order chi connectivity index (χ0) is 12.5. The molecular formula is C13H9ClN4. The quantitative estimate of drug-likeness (QED) is 0.727. The summed E-state index contributed by atoms with van der Waals surface area (Å²) in [5.41, 5.74) is 7.52. The number of nitrogens with zero attached hydrogens (tertiary/aromatic N) is 3. The lowest BCUT2D eigenvalue weighted by Gasteiger charge is -2.06. The summed E-state index contributed by atoms with van der Waals surface area (Å²) in [7, 11) is 0. The topological polar surface area (TPSA) is 64.7 Å². The average molecular weight is 257 g/mol. The van der Waals surface area contributed by atoms with Gasteiger partial charge in [0.05, 0.1) is 0 Å². The summed E-state index contributed by atoms with van der Waals surface area (Å²) >= 11 is 5.88. The SMILES string of the molecule is Nc1nnc(-c2ccc(Cl)cc2)c2ccncc12. The molecule has 0 aliphatic rings. The van der Waals surface area contributed by atoms with Crippen molar-refractivity contribution in [3.05, 3.63) is 47.7 Å². The highest BCUT2D eigenvalue weighted by molar-refractivity contribution is 6.30. The third kappa shape index (κ3) is 1.76. The maximum Gasteiger partial charge on any atom is 0.155 e. The molecule has 0 fully saturated rings. The molecule has 88 valence electrons. The highest BCUT2D eigenvalue weighted by atomic mass is 35.5. The Hall–Kier alpha value is -2.20. The summed E-state index contributed by atoms with van der Waals surface area (Å²) in [6.45, 7) is 0. The van der Waals surface area contributed by atoms with Crippen LogP contribution < -0.4 is 5.73 Å². The molecular weight excluding hydrogens is 248 g/mol. The molecule has 0 unspecified atom stereocenters. The van der Waals surface area contributed by atoms with E-state index in [1.807, 2.05) is 30.3 Å². The Balaban J connectivity index is 2.30. The maximum absolute atomic E-state index is 5.88. The Kier molecular flexibility index (Phi) is 2.57. The molecule has 2 aromatic heterocycles. The van der Waals surface area contributed by atoms with Crippen molar-refractivity contribution in [3.8, 4) is 11.3 Å². The van der Waals surface area contributed by atoms with Crippen LogP contribution in [-0.2, 0) is 0 Å². The fourth-order valence-corrected chi connectivity index (χ4v) is 1.96. The van der Waals surface area contributed by atoms with Crippen LogP contribution in [0.25, 0.3) is 22.0 Å². The number of nitrogen functional groups attached to an aromatic ring is 1. The van der Waals surface area contributed by atoms with E-state index in [9.17, 15) is 0 Å². The smallest absolute Gasteiger partial charge is 0.155 e. The molecule has 4 nitrogen and oxygen atoms in total. The van der Waals surface area contributed by atoms with Crippen molar-refractivity contribution in [3.63, 3.8) is 0 Å². The van der Waals surface area contributed by atoms with Gasteiger partial charge in [0.1, 0.15) is 5.69 Å². The van der Waals surface area contributed by atoms with Crippen LogP contribution in [0.15, 0.2) is 42.7 Å². The van der Waals surface area contributed by atoms with Crippen molar-refractivity contribution in [1.29, 1.82) is 0 Å². The van der Waals surface area contributed by atoms with Gasteiger partial charge in [-0.15, -0.1) is 10.2 Å². The molecule has 5 heteroatoms. The van der Waals surface area contributed by atoms with Crippen molar-refractivity contribution in [2.75, 3.05) is 5.73 Å². The zero-order valence-corrected chi connectivity index (χ0v) is 10.1. The monoisotopic (exact) mass is 256 g/mol. The van der Waals surface area contributed by atoms with Gasteiger partial charge in [0.15, 0.2) is 5.82 Å². The first kappa shape index (κ1) is 10.9. The number of anilines is 1. The number of aromatic nitrogens is 3. The summed E-state index contributed by atoms with van der Waals surface area (Å²) in [4.78, 5) is 4.05. The number of benzene rings is 1. The van der Waals surface area contributed by atoms with Gasteiger partial charge in [0.2, 0.25) is 0 Å². The van der Waals surface area contributed by atoms with Crippen LogP contribution in [0.4, 0.5) is 5.82 Å². The van der Waals surface area contributed by atoms with E-state index in [2.05, 4.69) is 15.2 Å². The average Bonchev–Trinajstić information content (AvgIpc) is 2.41. The number of fused-ring (bicyclic) bond motifs is 1. The lowest BCUT2D eigenvalue weighted by atomic mass is 10.1. The normalized spacial score (nSPS) is 10.7. The third-order valence-corrected chi connectivity index (χ3v) is 2.98. The van der Waals surface area contributed by atoms with Crippen molar-refractivity contribution in [2.45, 2.75) is 0 Å². The fourth-order valence-electron chi connectivity index (χ4n) is 1.84. The van der Waals surface area contributed by atoms with Crippen molar-refractivity contribution < 1.29 is 0 Å². The van der Waals surface area contributed by atoms with Gasteiger partial charge in [-0.2, -0.15) is 0 Å². The molecule has 0 saturated heterocycles. The number of rotatable bonds is 1. The van der Waals surface area contributed by atoms with Crippen molar-refractivity contribution in [2.24, 2.45) is 0 Å². The van der Waals surface area contributed by atoms with E-state index >= 15 is 0 Å². The molecule has 0 aliphatic heterocycles. The minimum atomic E-state index is 0.385. The maximum atomic E-state index is 5.88. The Labute approximate surface area is 108 Å². The molecule has 2 N–H and O–H groups in total. The van der Waals surface area contributed by atoms with Crippen LogP contribution in [0, 0.1) is 0 Å². The third-order valence-electron chi connectivity index (χ3n) is 2.73. The van der Waals surface area contributed by atoms with E-state index in [4.69, 9.17) is 17.3 Å². The Morgan fingerprint density at radius 1 is 0.944 bits per heavy atom. The van der Waals surface area contributed by atoms with E-state index in [0.717, 1.165) is 22.0 Å². The Morgan fingerprint density at radius 3 is 2.50 bits per heavy atom. The van der Waals surface area contributed by atoms with Gasteiger partial charge in [0, 0.05) is 33.8 Å². The van der Waals surface area contributed by atoms with Gasteiger partial charge in [-0.3, -0.25) is 4.98 Å². The molecule has 3 aromatic rings. The number of hydrogen-bond donors (Lipinski definition) is 1. The van der Waals surface area contributed by atoms with Crippen LogP contribution in [0.3, 0.4) is 0 Å². The van der Waals surface area contributed by atoms with E-state index in [0.29, 0.717) is 10.8 Å². The molecule has 0 radical (unpaired) electrons. The fraction of sp³-hybridized carbons (Fsp3) is 0. The van der Waals surface area contributed by atoms with Crippen LogP contribution in [0.1, 0.15) is 0 Å². The number of halogens is 1. The molecule has 3 rings (SSSR count). The second-order valence-corrected chi connectivity index (χ2v) is 4.30. The summed E-state index contributed by atoms with van der Waals surface area (Å²) in [5.74, 6) is 0.385. The summed E-state index contributed by atoms with van der Waals surface area (Å²) < 4.78 is 0. The standard InChI is InChI=1S/C13H9ClN4/c14-9-3-1-8(2-4-9)12-10-5-6-16-7-11(10)13(15)18-17-12/h1-7H,(H2,15,18). The van der Waals surface area contributed by atoms with E-state index in [-0.39, 0.29) is 0 Å². The molecule has 0 atom stereocenters. The van der Waals surface area contributed by atoms with Crippen molar-refractivity contribution in [1.82, 2.24) is 15.2 Å². The van der Waals surface area contributed by atoms with Gasteiger partial charge >= 0.3 is 0 Å². The first-order valence-electron chi connectivity index (χ1n) is 5.37. The molecule has 2 heterocycles. The summed E-state index contributed by atoms with van der Waals surface area (Å²) in [6.07, 6.45) is 3.40. The predicted octanol–water partition coefficient (Wildman–Crippen LogP) is 2.93. The lowest BCUT2D eigenvalue weighted by Crippen LogP contribution is -1.97. The molecule has 0 amide bonds. The first-order chi connectivity index (χ1) is 8.75. The van der Waals surface area contributed by atoms with Gasteiger partial charge in [-0.25, -0.2) is 0 Å². The Bertz CT molecular complexity index is 710. The van der Waals surface area contributed by atoms with Gasteiger partial charge in [-0.1, -0.05) is 23.7 Å². The van der Waals surface area contributed by atoms with Gasteiger partial charge < -0.3 is 5.73 Å². The zero-order valence-electron chi connectivity index (χ0n) is 9.34. The number of hydrogen-bond acceptors (Lipinski definition) is 4. The second kappa shape index (κ2) is 4.23. The molecule has 0 aliphatic carbocycles. The highest BCUT2D eigenvalue weighted by Crippen LogP contribution is 2.28. The van der Waals surface area contributed by atoms with Gasteiger partial charge in [-0.05, 0) is 18.2 Å². The first-order valence-corrected chi connectivity index (χ1v) is 5.75. The number of pyridine rings is 1. The minimum absolute atomic E-state index is 0.385. The lowest BCUT2D eigenvalue weighted by molar-refractivity contribution is 1.06. The van der Waals surface area contributed by atoms with Crippen LogP contribution in [0.2, 0.25) is 5.02 Å². The van der Waals surface area contributed by atoms with E-state index in [1.165, 1.54) is 0 Å². The minimum Gasteiger partial charge on any atom is -0.382 e. The van der Waals surface area contributed by atoms with Crippen LogP contribution >= 0.6 is 11.6 Å². The predicted molar refractivity (Wildman–Crippen MR) is 72.2 cm³/mol. The molecule has 0 spiro atoms. The second-order valence-electron chi connectivity index (χ2n) is 3.86. The van der Waals surface area contributed by atoms with Crippen molar-refractivity contribution >= 4 is 28.2 Å². The van der Waals surface area contributed by atoms with Crippen LogP contribution in [-0.4, -0.2) is 15.2 Å². The summed E-state index contributed by atoms with van der Waals surface area (Å²) in [5, 5.41) is 10.5. The molecule has 1 aromatic carbocycles. The summed E-state index contributed by atoms with van der Waals surface area (Å²) in [6, 6.07) is 9.33. The molecule has 0 saturated carbocycles. The van der Waals surface area contributed by atoms with Gasteiger partial charge in [0.25, 0.3) is 0 Å². The van der Waals surface area contributed by atoms with Crippen LogP contribution in [0.5, 0.6) is 0 Å². The largest absolute Gasteiger partial charge is 0.382 e. The highest BCUT2D eigenvalue weighted by Gasteiger charge is 2.08. The van der Waals surface area contributed by atoms with E-state index < -0.39 is 0 Å². The van der Waals surface area contributed by atoms with E-state index in [1.54, 1.807) is 12.4 Å². The molecule has 18 heavy (non-hydrogen) atoms. The number of nitrogens with two attached hydrogens (primary N) is 1.